The summed E-state index contributed by atoms with van der Waals surface area (Å²) in [6.45, 7) is 3.31. The number of hydrogen-bond acceptors (Lipinski definition) is 3. The number of aryl methyl sites for hydroxylation is 1. The zero-order chi connectivity index (χ0) is 17.2. The molecular formula is C21H20N2O2. The van der Waals surface area contributed by atoms with Gasteiger partial charge >= 0.3 is 0 Å². The monoisotopic (exact) mass is 332 g/mol. The molecule has 1 aliphatic heterocycles. The summed E-state index contributed by atoms with van der Waals surface area (Å²) < 4.78 is 5.76. The second-order valence-electron chi connectivity index (χ2n) is 6.40. The lowest BCUT2D eigenvalue weighted by Crippen LogP contribution is -2.37. The highest BCUT2D eigenvalue weighted by atomic mass is 16.4. The summed E-state index contributed by atoms with van der Waals surface area (Å²) in [7, 11) is 0. The summed E-state index contributed by atoms with van der Waals surface area (Å²) >= 11 is 0. The van der Waals surface area contributed by atoms with Crippen LogP contribution in [0.5, 0.6) is 0 Å². The zero-order valence-electron chi connectivity index (χ0n) is 14.2. The number of amides is 1. The Kier molecular flexibility index (Phi) is 4.10. The van der Waals surface area contributed by atoms with E-state index >= 15 is 0 Å². The first-order valence-electron chi connectivity index (χ1n) is 8.57. The molecule has 1 aromatic heterocycles. The van der Waals surface area contributed by atoms with Crippen LogP contribution in [0.15, 0.2) is 59.0 Å². The molecule has 0 radical (unpaired) electrons. The SMILES string of the molecule is Cc1oc(-c2ccccc2)nc1CC(=O)N1CCc2ccccc2C1. The van der Waals surface area contributed by atoms with Crippen molar-refractivity contribution in [3.8, 4) is 11.5 Å². The number of rotatable bonds is 3. The lowest BCUT2D eigenvalue weighted by Gasteiger charge is -2.28. The highest BCUT2D eigenvalue weighted by Crippen LogP contribution is 2.23. The van der Waals surface area contributed by atoms with E-state index < -0.39 is 0 Å². The highest BCUT2D eigenvalue weighted by Gasteiger charge is 2.22. The molecule has 4 nitrogen and oxygen atoms in total. The summed E-state index contributed by atoms with van der Waals surface area (Å²) in [5.74, 6) is 1.39. The molecule has 2 aromatic carbocycles. The fourth-order valence-corrected chi connectivity index (χ4v) is 3.26. The van der Waals surface area contributed by atoms with E-state index in [1.54, 1.807) is 0 Å². The molecule has 0 saturated heterocycles. The van der Waals surface area contributed by atoms with Gasteiger partial charge in [0.15, 0.2) is 0 Å². The molecule has 4 heteroatoms. The van der Waals surface area contributed by atoms with E-state index in [-0.39, 0.29) is 12.3 Å². The topological polar surface area (TPSA) is 46.3 Å². The minimum absolute atomic E-state index is 0.102. The lowest BCUT2D eigenvalue weighted by atomic mass is 9.99. The summed E-state index contributed by atoms with van der Waals surface area (Å²) in [4.78, 5) is 19.2. The number of carbonyl (C=O) groups excluding carboxylic acids is 1. The Bertz CT molecular complexity index is 899. The molecule has 126 valence electrons. The molecule has 0 spiro atoms. The molecule has 0 saturated carbocycles. The molecule has 0 atom stereocenters. The molecule has 4 rings (SSSR count). The maximum atomic E-state index is 12.7. The molecule has 1 amide bonds. The Morgan fingerprint density at radius 3 is 2.60 bits per heavy atom. The number of benzene rings is 2. The number of nitrogens with zero attached hydrogens (tertiary/aromatic N) is 2. The van der Waals surface area contributed by atoms with Crippen LogP contribution in [-0.4, -0.2) is 22.3 Å². The number of hydrogen-bond donors (Lipinski definition) is 0. The summed E-state index contributed by atoms with van der Waals surface area (Å²) in [6, 6.07) is 18.1. The fraction of sp³-hybridized carbons (Fsp3) is 0.238. The molecular weight excluding hydrogens is 312 g/mol. The van der Waals surface area contributed by atoms with Crippen LogP contribution in [0.2, 0.25) is 0 Å². The van der Waals surface area contributed by atoms with Gasteiger partial charge in [0.25, 0.3) is 0 Å². The summed E-state index contributed by atoms with van der Waals surface area (Å²) in [6.07, 6.45) is 1.19. The molecule has 0 aliphatic carbocycles. The first-order chi connectivity index (χ1) is 12.2. The summed E-state index contributed by atoms with van der Waals surface area (Å²) in [5.41, 5.74) is 4.23. The van der Waals surface area contributed by atoms with E-state index in [1.807, 2.05) is 48.2 Å². The van der Waals surface area contributed by atoms with Gasteiger partial charge in [-0.05, 0) is 36.6 Å². The number of oxazole rings is 1. The van der Waals surface area contributed by atoms with Gasteiger partial charge in [0.1, 0.15) is 5.76 Å². The second-order valence-corrected chi connectivity index (χ2v) is 6.40. The van der Waals surface area contributed by atoms with Crippen LogP contribution in [0.3, 0.4) is 0 Å². The van der Waals surface area contributed by atoms with Gasteiger partial charge in [-0.1, -0.05) is 42.5 Å². The largest absolute Gasteiger partial charge is 0.441 e. The first-order valence-corrected chi connectivity index (χ1v) is 8.57. The Balaban J connectivity index is 1.49. The van der Waals surface area contributed by atoms with Crippen molar-refractivity contribution in [1.82, 2.24) is 9.88 Å². The van der Waals surface area contributed by atoms with Gasteiger partial charge in [-0.15, -0.1) is 0 Å². The molecule has 1 aliphatic rings. The van der Waals surface area contributed by atoms with Crippen molar-refractivity contribution in [2.45, 2.75) is 26.3 Å². The van der Waals surface area contributed by atoms with Crippen molar-refractivity contribution in [2.24, 2.45) is 0 Å². The average Bonchev–Trinajstić information content (AvgIpc) is 3.02. The van der Waals surface area contributed by atoms with E-state index in [0.717, 1.165) is 24.2 Å². The van der Waals surface area contributed by atoms with Gasteiger partial charge < -0.3 is 9.32 Å². The van der Waals surface area contributed by atoms with Crippen molar-refractivity contribution < 1.29 is 9.21 Å². The van der Waals surface area contributed by atoms with Crippen molar-refractivity contribution >= 4 is 5.91 Å². The Morgan fingerprint density at radius 2 is 1.80 bits per heavy atom. The van der Waals surface area contributed by atoms with E-state index in [2.05, 4.69) is 23.2 Å². The number of carbonyl (C=O) groups is 1. The molecule has 0 N–H and O–H groups in total. The maximum Gasteiger partial charge on any atom is 0.229 e. The minimum Gasteiger partial charge on any atom is -0.441 e. The van der Waals surface area contributed by atoms with Crippen LogP contribution < -0.4 is 0 Å². The van der Waals surface area contributed by atoms with E-state index in [4.69, 9.17) is 4.42 Å². The van der Waals surface area contributed by atoms with Crippen LogP contribution in [0, 0.1) is 6.92 Å². The first kappa shape index (κ1) is 15.6. The minimum atomic E-state index is 0.102. The number of fused-ring (bicyclic) bond motifs is 1. The van der Waals surface area contributed by atoms with Gasteiger partial charge in [-0.25, -0.2) is 4.98 Å². The second kappa shape index (κ2) is 6.55. The Labute approximate surface area is 147 Å². The third kappa shape index (κ3) is 3.20. The van der Waals surface area contributed by atoms with Crippen molar-refractivity contribution in [1.29, 1.82) is 0 Å². The van der Waals surface area contributed by atoms with E-state index in [0.29, 0.717) is 18.2 Å². The van der Waals surface area contributed by atoms with Crippen molar-refractivity contribution in [3.05, 3.63) is 77.2 Å². The normalized spacial score (nSPS) is 13.6. The van der Waals surface area contributed by atoms with Crippen LogP contribution in [0.4, 0.5) is 0 Å². The smallest absolute Gasteiger partial charge is 0.229 e. The quantitative estimate of drug-likeness (QED) is 0.733. The van der Waals surface area contributed by atoms with Crippen LogP contribution in [0.1, 0.15) is 22.6 Å². The molecule has 25 heavy (non-hydrogen) atoms. The van der Waals surface area contributed by atoms with Gasteiger partial charge in [-0.2, -0.15) is 0 Å². The third-order valence-corrected chi connectivity index (χ3v) is 4.72. The Morgan fingerprint density at radius 1 is 1.08 bits per heavy atom. The van der Waals surface area contributed by atoms with E-state index in [9.17, 15) is 4.79 Å². The Hall–Kier alpha value is -2.88. The molecule has 0 fully saturated rings. The molecule has 0 unspecified atom stereocenters. The van der Waals surface area contributed by atoms with Gasteiger partial charge in [0.2, 0.25) is 11.8 Å². The zero-order valence-corrected chi connectivity index (χ0v) is 14.2. The summed E-state index contributed by atoms with van der Waals surface area (Å²) in [5, 5.41) is 0. The fourth-order valence-electron chi connectivity index (χ4n) is 3.26. The maximum absolute atomic E-state index is 12.7. The van der Waals surface area contributed by atoms with Gasteiger partial charge in [0.05, 0.1) is 12.1 Å². The van der Waals surface area contributed by atoms with Gasteiger partial charge in [0, 0.05) is 18.7 Å². The standard InChI is InChI=1S/C21H20N2O2/c1-15-19(22-21(25-15)17-8-3-2-4-9-17)13-20(24)23-12-11-16-7-5-6-10-18(16)14-23/h2-10H,11-14H2,1H3. The van der Waals surface area contributed by atoms with Gasteiger partial charge in [-0.3, -0.25) is 4.79 Å². The third-order valence-electron chi connectivity index (χ3n) is 4.72. The number of aromatic nitrogens is 1. The molecule has 0 bridgehead atoms. The molecule has 2 heterocycles. The predicted octanol–water partition coefficient (Wildman–Crippen LogP) is 3.78. The van der Waals surface area contributed by atoms with Crippen LogP contribution >= 0.6 is 0 Å². The van der Waals surface area contributed by atoms with Crippen LogP contribution in [0.25, 0.3) is 11.5 Å². The predicted molar refractivity (Wildman–Crippen MR) is 95.9 cm³/mol. The lowest BCUT2D eigenvalue weighted by molar-refractivity contribution is -0.131. The highest BCUT2D eigenvalue weighted by molar-refractivity contribution is 5.79. The van der Waals surface area contributed by atoms with Crippen molar-refractivity contribution in [3.63, 3.8) is 0 Å². The average molecular weight is 332 g/mol. The molecule has 3 aromatic rings. The van der Waals surface area contributed by atoms with Crippen molar-refractivity contribution in [2.75, 3.05) is 6.54 Å². The van der Waals surface area contributed by atoms with E-state index in [1.165, 1.54) is 11.1 Å². The van der Waals surface area contributed by atoms with Crippen LogP contribution in [-0.2, 0) is 24.2 Å².